The standard InChI is InChI=1S/C45H30N4O/c1-45(2)38-22-12-28(27-46)24-41(38)50-40-23-20-33(26-39(40)45)29-13-16-32(17-14-29)43-47-42(31-9-4-3-5-10-31)48-44(49-43)35-19-21-37-34(25-35)18-15-30-8-6-7-11-36(30)37/h3-26H,1-2H3. The number of ether oxygens (including phenoxy) is 1. The van der Waals surface area contributed by atoms with E-state index in [0.29, 0.717) is 23.0 Å². The highest BCUT2D eigenvalue weighted by Gasteiger charge is 2.34. The van der Waals surface area contributed by atoms with Gasteiger partial charge in [-0.2, -0.15) is 5.26 Å². The van der Waals surface area contributed by atoms with Crippen molar-refractivity contribution in [3.63, 3.8) is 0 Å². The maximum atomic E-state index is 9.40. The van der Waals surface area contributed by atoms with Gasteiger partial charge in [-0.05, 0) is 63.0 Å². The first-order valence-corrected chi connectivity index (χ1v) is 16.7. The Balaban J connectivity index is 1.09. The zero-order valence-corrected chi connectivity index (χ0v) is 27.6. The lowest BCUT2D eigenvalue weighted by Crippen LogP contribution is -2.24. The van der Waals surface area contributed by atoms with Crippen molar-refractivity contribution >= 4 is 21.5 Å². The smallest absolute Gasteiger partial charge is 0.164 e. The van der Waals surface area contributed by atoms with Gasteiger partial charge in [-0.1, -0.05) is 129 Å². The molecule has 8 aromatic rings. The Morgan fingerprint density at radius 2 is 1.10 bits per heavy atom. The monoisotopic (exact) mass is 642 g/mol. The van der Waals surface area contributed by atoms with Crippen LogP contribution in [0.25, 0.3) is 66.8 Å². The van der Waals surface area contributed by atoms with Crippen LogP contribution in [-0.4, -0.2) is 15.0 Å². The summed E-state index contributed by atoms with van der Waals surface area (Å²) < 4.78 is 6.29. The van der Waals surface area contributed by atoms with Crippen LogP contribution in [0, 0.1) is 11.3 Å². The molecule has 0 N–H and O–H groups in total. The zero-order chi connectivity index (χ0) is 33.8. The molecular weight excluding hydrogens is 613 g/mol. The third-order valence-corrected chi connectivity index (χ3v) is 9.80. The number of fused-ring (bicyclic) bond motifs is 5. The summed E-state index contributed by atoms with van der Waals surface area (Å²) in [6, 6.07) is 51.9. The Labute approximate surface area is 290 Å². The van der Waals surface area contributed by atoms with Crippen LogP contribution < -0.4 is 4.74 Å². The second-order valence-corrected chi connectivity index (χ2v) is 13.2. The minimum absolute atomic E-state index is 0.294. The van der Waals surface area contributed by atoms with Crippen molar-refractivity contribution in [1.82, 2.24) is 15.0 Å². The normalized spacial score (nSPS) is 12.9. The van der Waals surface area contributed by atoms with E-state index in [1.165, 1.54) is 16.2 Å². The summed E-state index contributed by atoms with van der Waals surface area (Å²) in [7, 11) is 0. The summed E-state index contributed by atoms with van der Waals surface area (Å²) in [6.45, 7) is 4.40. The van der Waals surface area contributed by atoms with Crippen LogP contribution in [0.2, 0.25) is 0 Å². The third-order valence-electron chi connectivity index (χ3n) is 9.80. The van der Waals surface area contributed by atoms with E-state index >= 15 is 0 Å². The van der Waals surface area contributed by atoms with Gasteiger partial charge in [0.2, 0.25) is 0 Å². The van der Waals surface area contributed by atoms with Gasteiger partial charge in [0.1, 0.15) is 11.5 Å². The fourth-order valence-corrected chi connectivity index (χ4v) is 7.06. The molecule has 9 rings (SSSR count). The van der Waals surface area contributed by atoms with Crippen molar-refractivity contribution in [2.45, 2.75) is 19.3 Å². The maximum Gasteiger partial charge on any atom is 0.164 e. The van der Waals surface area contributed by atoms with Gasteiger partial charge in [0.25, 0.3) is 0 Å². The van der Waals surface area contributed by atoms with Gasteiger partial charge >= 0.3 is 0 Å². The molecular formula is C45H30N4O. The second kappa shape index (κ2) is 11.5. The van der Waals surface area contributed by atoms with E-state index in [2.05, 4.69) is 111 Å². The molecule has 5 nitrogen and oxygen atoms in total. The molecule has 5 heteroatoms. The summed E-state index contributed by atoms with van der Waals surface area (Å²) in [5, 5.41) is 14.2. The Kier molecular flexibility index (Phi) is 6.79. The summed E-state index contributed by atoms with van der Waals surface area (Å²) in [6.07, 6.45) is 0. The fraction of sp³-hybridized carbons (Fsp3) is 0.0667. The van der Waals surface area contributed by atoms with E-state index < -0.39 is 0 Å². The number of hydrogen-bond donors (Lipinski definition) is 0. The molecule has 0 spiro atoms. The predicted molar refractivity (Wildman–Crippen MR) is 200 cm³/mol. The Bertz CT molecular complexity index is 2660. The molecule has 0 atom stereocenters. The summed E-state index contributed by atoms with van der Waals surface area (Å²) >= 11 is 0. The lowest BCUT2D eigenvalue weighted by molar-refractivity contribution is 0.418. The predicted octanol–water partition coefficient (Wildman–Crippen LogP) is 11.1. The van der Waals surface area contributed by atoms with Gasteiger partial charge in [-0.15, -0.1) is 0 Å². The molecule has 0 amide bonds. The van der Waals surface area contributed by atoms with Crippen LogP contribution in [0.3, 0.4) is 0 Å². The van der Waals surface area contributed by atoms with Gasteiger partial charge in [-0.3, -0.25) is 0 Å². The van der Waals surface area contributed by atoms with Gasteiger partial charge < -0.3 is 4.74 Å². The van der Waals surface area contributed by atoms with Gasteiger partial charge in [0, 0.05) is 33.2 Å². The minimum Gasteiger partial charge on any atom is -0.457 e. The average Bonchev–Trinajstić information content (AvgIpc) is 3.17. The highest BCUT2D eigenvalue weighted by atomic mass is 16.5. The van der Waals surface area contributed by atoms with Crippen LogP contribution in [-0.2, 0) is 5.41 Å². The van der Waals surface area contributed by atoms with E-state index in [1.807, 2.05) is 54.6 Å². The molecule has 236 valence electrons. The highest BCUT2D eigenvalue weighted by Crippen LogP contribution is 2.49. The van der Waals surface area contributed by atoms with E-state index in [-0.39, 0.29) is 5.41 Å². The Hall–Kier alpha value is -6.64. The first-order valence-electron chi connectivity index (χ1n) is 16.7. The quantitative estimate of drug-likeness (QED) is 0.179. The molecule has 1 aliphatic heterocycles. The lowest BCUT2D eigenvalue weighted by atomic mass is 9.75. The van der Waals surface area contributed by atoms with E-state index in [1.54, 1.807) is 0 Å². The highest BCUT2D eigenvalue weighted by molar-refractivity contribution is 6.08. The molecule has 0 aliphatic carbocycles. The van der Waals surface area contributed by atoms with Crippen molar-refractivity contribution in [2.24, 2.45) is 0 Å². The SMILES string of the molecule is CC1(C)c2ccc(C#N)cc2Oc2ccc(-c3ccc(-c4nc(-c5ccccc5)nc(-c5ccc6c(ccc7ccccc76)c5)n4)cc3)cc21. The first kappa shape index (κ1) is 29.5. The molecule has 0 fully saturated rings. The third kappa shape index (κ3) is 4.98. The van der Waals surface area contributed by atoms with Crippen LogP contribution >= 0.6 is 0 Å². The average molecular weight is 643 g/mol. The molecule has 1 aromatic heterocycles. The summed E-state index contributed by atoms with van der Waals surface area (Å²) in [5.74, 6) is 3.43. The van der Waals surface area contributed by atoms with Crippen LogP contribution in [0.5, 0.6) is 11.5 Å². The van der Waals surface area contributed by atoms with Crippen molar-refractivity contribution in [1.29, 1.82) is 5.26 Å². The van der Waals surface area contributed by atoms with Crippen molar-refractivity contribution in [3.05, 3.63) is 162 Å². The summed E-state index contributed by atoms with van der Waals surface area (Å²) in [5.41, 5.74) is 7.42. The molecule has 50 heavy (non-hydrogen) atoms. The van der Waals surface area contributed by atoms with E-state index in [4.69, 9.17) is 19.7 Å². The second-order valence-electron chi connectivity index (χ2n) is 13.2. The number of nitrogens with zero attached hydrogens (tertiary/aromatic N) is 4. The lowest BCUT2D eigenvalue weighted by Gasteiger charge is -2.35. The summed E-state index contributed by atoms with van der Waals surface area (Å²) in [4.78, 5) is 14.9. The van der Waals surface area contributed by atoms with Gasteiger partial charge in [0.15, 0.2) is 17.5 Å². The first-order chi connectivity index (χ1) is 24.4. The zero-order valence-electron chi connectivity index (χ0n) is 27.6. The number of benzene rings is 7. The number of hydrogen-bond acceptors (Lipinski definition) is 5. The molecule has 0 unspecified atom stereocenters. The van der Waals surface area contributed by atoms with E-state index in [0.717, 1.165) is 55.8 Å². The molecule has 0 radical (unpaired) electrons. The maximum absolute atomic E-state index is 9.40. The van der Waals surface area contributed by atoms with Crippen LogP contribution in [0.4, 0.5) is 0 Å². The Morgan fingerprint density at radius 1 is 0.480 bits per heavy atom. The van der Waals surface area contributed by atoms with Crippen molar-refractivity contribution < 1.29 is 4.74 Å². The fourth-order valence-electron chi connectivity index (χ4n) is 7.06. The molecule has 0 saturated carbocycles. The molecule has 0 saturated heterocycles. The van der Waals surface area contributed by atoms with Crippen LogP contribution in [0.15, 0.2) is 146 Å². The molecule has 1 aliphatic rings. The van der Waals surface area contributed by atoms with E-state index in [9.17, 15) is 5.26 Å². The Morgan fingerprint density at radius 3 is 1.88 bits per heavy atom. The molecule has 2 heterocycles. The van der Waals surface area contributed by atoms with Crippen molar-refractivity contribution in [2.75, 3.05) is 0 Å². The molecule has 0 bridgehead atoms. The van der Waals surface area contributed by atoms with Gasteiger partial charge in [0.05, 0.1) is 11.6 Å². The number of rotatable bonds is 4. The number of aromatic nitrogens is 3. The van der Waals surface area contributed by atoms with Crippen molar-refractivity contribution in [3.8, 4) is 62.9 Å². The number of nitriles is 1. The van der Waals surface area contributed by atoms with Gasteiger partial charge in [-0.25, -0.2) is 15.0 Å². The minimum atomic E-state index is -0.294. The van der Waals surface area contributed by atoms with Crippen LogP contribution in [0.1, 0.15) is 30.5 Å². The topological polar surface area (TPSA) is 71.7 Å². The largest absolute Gasteiger partial charge is 0.457 e. The molecule has 7 aromatic carbocycles.